The normalized spacial score (nSPS) is 14.4. The topological polar surface area (TPSA) is 131 Å². The van der Waals surface area contributed by atoms with Crippen molar-refractivity contribution >= 4 is 37.3 Å². The summed E-state index contributed by atoms with van der Waals surface area (Å²) in [4.78, 5) is 13.1. The van der Waals surface area contributed by atoms with Crippen molar-refractivity contribution in [1.29, 1.82) is 0 Å². The second-order valence-electron chi connectivity index (χ2n) is 9.11. The lowest BCUT2D eigenvalue weighted by molar-refractivity contribution is 0.102. The summed E-state index contributed by atoms with van der Waals surface area (Å²) in [5.74, 6) is -0.00657. The first-order chi connectivity index (χ1) is 18.5. The van der Waals surface area contributed by atoms with E-state index in [1.807, 2.05) is 13.0 Å². The van der Waals surface area contributed by atoms with Crippen LogP contribution in [0.5, 0.6) is 11.5 Å². The van der Waals surface area contributed by atoms with Gasteiger partial charge in [-0.1, -0.05) is 12.5 Å². The summed E-state index contributed by atoms with van der Waals surface area (Å²) >= 11 is 0. The second kappa shape index (κ2) is 11.6. The van der Waals surface area contributed by atoms with E-state index >= 15 is 0 Å². The highest BCUT2D eigenvalue weighted by molar-refractivity contribution is 7.92. The Bertz CT molecular complexity index is 1570. The predicted molar refractivity (Wildman–Crippen MR) is 149 cm³/mol. The molecule has 10 nitrogen and oxygen atoms in total. The van der Waals surface area contributed by atoms with Crippen LogP contribution in [0.2, 0.25) is 0 Å². The van der Waals surface area contributed by atoms with Crippen molar-refractivity contribution < 1.29 is 31.1 Å². The maximum Gasteiger partial charge on any atom is 0.262 e. The van der Waals surface area contributed by atoms with Gasteiger partial charge in [0, 0.05) is 18.8 Å². The van der Waals surface area contributed by atoms with E-state index in [1.54, 1.807) is 12.1 Å². The number of hydrogen-bond acceptors (Lipinski definition) is 7. The Balaban J connectivity index is 1.53. The molecule has 0 radical (unpaired) electrons. The Labute approximate surface area is 229 Å². The molecule has 1 fully saturated rings. The monoisotopic (exact) mass is 573 g/mol. The van der Waals surface area contributed by atoms with E-state index in [-0.39, 0.29) is 21.1 Å². The summed E-state index contributed by atoms with van der Waals surface area (Å²) in [6.45, 7) is 2.72. The van der Waals surface area contributed by atoms with Crippen molar-refractivity contribution in [3.63, 3.8) is 0 Å². The van der Waals surface area contributed by atoms with E-state index < -0.39 is 26.0 Å². The number of carbonyl (C=O) groups is 1. The van der Waals surface area contributed by atoms with Gasteiger partial charge in [-0.2, -0.15) is 4.31 Å². The summed E-state index contributed by atoms with van der Waals surface area (Å²) in [6.07, 6.45) is 2.57. The Morgan fingerprint density at radius 3 is 2.05 bits per heavy atom. The van der Waals surface area contributed by atoms with Gasteiger partial charge in [-0.15, -0.1) is 0 Å². The zero-order chi connectivity index (χ0) is 28.2. The lowest BCUT2D eigenvalue weighted by Crippen LogP contribution is -2.35. The molecule has 0 unspecified atom stereocenters. The van der Waals surface area contributed by atoms with Gasteiger partial charge in [0.2, 0.25) is 10.0 Å². The molecule has 1 aliphatic heterocycles. The maximum atomic E-state index is 13.1. The fourth-order valence-corrected chi connectivity index (χ4v) is 6.91. The van der Waals surface area contributed by atoms with Gasteiger partial charge in [0.05, 0.1) is 35.3 Å². The van der Waals surface area contributed by atoms with Crippen molar-refractivity contribution in [3.05, 3.63) is 71.8 Å². The fourth-order valence-electron chi connectivity index (χ4n) is 4.30. The molecule has 3 aromatic carbocycles. The highest BCUT2D eigenvalue weighted by Crippen LogP contribution is 2.29. The van der Waals surface area contributed by atoms with Crippen molar-refractivity contribution in [2.45, 2.75) is 36.0 Å². The predicted octanol–water partition coefficient (Wildman–Crippen LogP) is 4.24. The Morgan fingerprint density at radius 2 is 1.41 bits per heavy atom. The molecule has 4 rings (SSSR count). The summed E-state index contributed by atoms with van der Waals surface area (Å²) in [5, 5.41) is 2.68. The lowest BCUT2D eigenvalue weighted by Gasteiger charge is -2.26. The summed E-state index contributed by atoms with van der Waals surface area (Å²) < 4.78 is 66.6. The Morgan fingerprint density at radius 1 is 0.795 bits per heavy atom. The number of amides is 1. The molecule has 1 heterocycles. The van der Waals surface area contributed by atoms with E-state index in [0.717, 1.165) is 24.8 Å². The molecule has 1 aliphatic rings. The molecule has 0 spiro atoms. The number of sulfonamides is 2. The number of methoxy groups -OCH3 is 2. The number of piperidine rings is 1. The first-order valence-electron chi connectivity index (χ1n) is 12.3. The fraction of sp³-hybridized carbons (Fsp3) is 0.296. The van der Waals surface area contributed by atoms with E-state index in [1.165, 1.54) is 61.0 Å². The lowest BCUT2D eigenvalue weighted by atomic mass is 10.2. The van der Waals surface area contributed by atoms with Crippen molar-refractivity contribution in [2.24, 2.45) is 0 Å². The van der Waals surface area contributed by atoms with Gasteiger partial charge < -0.3 is 14.8 Å². The molecule has 0 saturated carbocycles. The number of nitrogens with one attached hydrogen (secondary N) is 2. The number of nitrogens with zero attached hydrogens (tertiary/aromatic N) is 1. The van der Waals surface area contributed by atoms with Crippen LogP contribution in [0.1, 0.15) is 35.2 Å². The average Bonchev–Trinajstić information content (AvgIpc) is 2.93. The van der Waals surface area contributed by atoms with Gasteiger partial charge >= 0.3 is 0 Å². The second-order valence-corrected chi connectivity index (χ2v) is 12.7. The number of anilines is 2. The Hall–Kier alpha value is -3.61. The van der Waals surface area contributed by atoms with Crippen LogP contribution >= 0.6 is 0 Å². The molecule has 1 saturated heterocycles. The minimum atomic E-state index is -3.94. The third kappa shape index (κ3) is 6.35. The molecule has 12 heteroatoms. The third-order valence-corrected chi connectivity index (χ3v) is 9.67. The molecule has 2 N–H and O–H groups in total. The number of ether oxygens (including phenoxy) is 2. The standard InChI is InChI=1S/C27H31N3O7S2/c1-19-7-13-26(37-3)24(17-19)29-38(32,33)21-10-8-20(9-11-21)28-27(31)23-18-22(12-14-25(23)36-2)39(34,35)30-15-5-4-6-16-30/h7-14,17-18,29H,4-6,15-16H2,1-3H3,(H,28,31). The molecule has 208 valence electrons. The van der Waals surface area contributed by atoms with Crippen molar-refractivity contribution in [2.75, 3.05) is 37.3 Å². The molecule has 0 aliphatic carbocycles. The van der Waals surface area contributed by atoms with Crippen LogP contribution < -0.4 is 19.5 Å². The third-order valence-electron chi connectivity index (χ3n) is 6.39. The van der Waals surface area contributed by atoms with E-state index in [4.69, 9.17) is 9.47 Å². The van der Waals surface area contributed by atoms with E-state index in [9.17, 15) is 21.6 Å². The molecule has 3 aromatic rings. The van der Waals surface area contributed by atoms with Gasteiger partial charge in [-0.25, -0.2) is 16.8 Å². The first kappa shape index (κ1) is 28.4. The van der Waals surface area contributed by atoms with E-state index in [0.29, 0.717) is 30.2 Å². The van der Waals surface area contributed by atoms with Gasteiger partial charge in [-0.3, -0.25) is 9.52 Å². The number of aryl methyl sites for hydroxylation is 1. The smallest absolute Gasteiger partial charge is 0.262 e. The van der Waals surface area contributed by atoms with Crippen LogP contribution in [-0.2, 0) is 20.0 Å². The maximum absolute atomic E-state index is 13.1. The average molecular weight is 574 g/mol. The number of hydrogen-bond donors (Lipinski definition) is 2. The Kier molecular flexibility index (Phi) is 8.48. The summed E-state index contributed by atoms with van der Waals surface area (Å²) in [6, 6.07) is 14.9. The van der Waals surface area contributed by atoms with Crippen molar-refractivity contribution in [1.82, 2.24) is 4.31 Å². The van der Waals surface area contributed by atoms with Crippen molar-refractivity contribution in [3.8, 4) is 11.5 Å². The summed E-state index contributed by atoms with van der Waals surface area (Å²) in [7, 11) is -4.85. The highest BCUT2D eigenvalue weighted by Gasteiger charge is 2.28. The summed E-state index contributed by atoms with van der Waals surface area (Å²) in [5.41, 5.74) is 1.52. The van der Waals surface area contributed by atoms with Gasteiger partial charge in [0.15, 0.2) is 0 Å². The molecule has 39 heavy (non-hydrogen) atoms. The van der Waals surface area contributed by atoms with E-state index in [2.05, 4.69) is 10.0 Å². The van der Waals surface area contributed by atoms with Crippen LogP contribution in [0.15, 0.2) is 70.5 Å². The van der Waals surface area contributed by atoms with Crippen LogP contribution in [0.3, 0.4) is 0 Å². The van der Waals surface area contributed by atoms with Gasteiger partial charge in [0.25, 0.3) is 15.9 Å². The zero-order valence-electron chi connectivity index (χ0n) is 21.9. The minimum Gasteiger partial charge on any atom is -0.496 e. The van der Waals surface area contributed by atoms with Crippen LogP contribution in [0.25, 0.3) is 0 Å². The molecule has 0 aromatic heterocycles. The van der Waals surface area contributed by atoms with Crippen LogP contribution in [0, 0.1) is 6.92 Å². The number of benzene rings is 3. The highest BCUT2D eigenvalue weighted by atomic mass is 32.2. The molecule has 0 atom stereocenters. The first-order valence-corrected chi connectivity index (χ1v) is 15.2. The van der Waals surface area contributed by atoms with Gasteiger partial charge in [-0.05, 0) is 79.9 Å². The SMILES string of the molecule is COc1ccc(C)cc1NS(=O)(=O)c1ccc(NC(=O)c2cc(S(=O)(=O)N3CCCCC3)ccc2OC)cc1. The van der Waals surface area contributed by atoms with Crippen LogP contribution in [0.4, 0.5) is 11.4 Å². The number of rotatable bonds is 9. The minimum absolute atomic E-state index is 0.00874. The molecular formula is C27H31N3O7S2. The number of carbonyl (C=O) groups excluding carboxylic acids is 1. The molecule has 0 bridgehead atoms. The molecular weight excluding hydrogens is 542 g/mol. The van der Waals surface area contributed by atoms with Gasteiger partial charge in [0.1, 0.15) is 11.5 Å². The largest absolute Gasteiger partial charge is 0.496 e. The molecule has 1 amide bonds. The zero-order valence-corrected chi connectivity index (χ0v) is 23.6. The quantitative estimate of drug-likeness (QED) is 0.391. The van der Waals surface area contributed by atoms with Crippen LogP contribution in [-0.4, -0.2) is 54.4 Å².